The summed E-state index contributed by atoms with van der Waals surface area (Å²) < 4.78 is 27.7. The summed E-state index contributed by atoms with van der Waals surface area (Å²) in [4.78, 5) is 4.21. The molecule has 2 aromatic rings. The first kappa shape index (κ1) is 20.8. The van der Waals surface area contributed by atoms with Gasteiger partial charge in [-0.2, -0.15) is 0 Å². The Hall–Kier alpha value is -2.46. The average Bonchev–Trinajstić information content (AvgIpc) is 3.12. The molecule has 0 spiro atoms. The van der Waals surface area contributed by atoms with Gasteiger partial charge in [-0.1, -0.05) is 31.2 Å². The molecule has 27 heavy (non-hydrogen) atoms. The number of sulfonamides is 1. The van der Waals surface area contributed by atoms with Crippen molar-refractivity contribution in [2.45, 2.75) is 32.2 Å². The molecule has 0 amide bonds. The van der Waals surface area contributed by atoms with Crippen molar-refractivity contribution in [3.63, 3.8) is 0 Å². The number of aliphatic imine (C=N–C) groups is 1. The van der Waals surface area contributed by atoms with E-state index in [-0.39, 0.29) is 5.75 Å². The lowest BCUT2D eigenvalue weighted by Gasteiger charge is -2.13. The van der Waals surface area contributed by atoms with Gasteiger partial charge in [0, 0.05) is 33.1 Å². The Balaban J connectivity index is 1.85. The zero-order valence-corrected chi connectivity index (χ0v) is 16.8. The molecule has 0 fully saturated rings. The SMILES string of the molecule is CCc1nncn1CCNC(=NC)NCc1cccc(CS(=O)(=O)NC)c1. The molecule has 0 unspecified atom stereocenters. The van der Waals surface area contributed by atoms with E-state index in [2.05, 4.69) is 30.5 Å². The zero-order valence-electron chi connectivity index (χ0n) is 15.9. The Bertz CT molecular complexity index is 862. The smallest absolute Gasteiger partial charge is 0.215 e. The molecule has 0 saturated carbocycles. The fraction of sp³-hybridized carbons (Fsp3) is 0.471. The minimum Gasteiger partial charge on any atom is -0.355 e. The first-order valence-electron chi connectivity index (χ1n) is 8.77. The van der Waals surface area contributed by atoms with Gasteiger partial charge in [0.2, 0.25) is 10.0 Å². The van der Waals surface area contributed by atoms with Gasteiger partial charge in [0.15, 0.2) is 5.96 Å². The highest BCUT2D eigenvalue weighted by molar-refractivity contribution is 7.88. The maximum absolute atomic E-state index is 11.7. The molecule has 2 rings (SSSR count). The van der Waals surface area contributed by atoms with Crippen LogP contribution in [-0.4, -0.2) is 49.8 Å². The van der Waals surface area contributed by atoms with E-state index in [0.717, 1.165) is 29.9 Å². The first-order chi connectivity index (χ1) is 13.0. The monoisotopic (exact) mass is 393 g/mol. The number of aryl methyl sites for hydroxylation is 1. The van der Waals surface area contributed by atoms with E-state index in [1.165, 1.54) is 7.05 Å². The second kappa shape index (κ2) is 10.0. The number of hydrogen-bond acceptors (Lipinski definition) is 5. The van der Waals surface area contributed by atoms with Gasteiger partial charge in [0.25, 0.3) is 0 Å². The lowest BCUT2D eigenvalue weighted by Crippen LogP contribution is -2.38. The third-order valence-corrected chi connectivity index (χ3v) is 5.34. The minimum absolute atomic E-state index is 0.0387. The summed E-state index contributed by atoms with van der Waals surface area (Å²) in [6.07, 6.45) is 2.56. The van der Waals surface area contributed by atoms with Crippen molar-refractivity contribution in [1.82, 2.24) is 30.1 Å². The van der Waals surface area contributed by atoms with E-state index in [4.69, 9.17) is 0 Å². The molecular formula is C17H27N7O2S. The molecule has 1 heterocycles. The lowest BCUT2D eigenvalue weighted by atomic mass is 10.1. The van der Waals surface area contributed by atoms with E-state index < -0.39 is 10.0 Å². The summed E-state index contributed by atoms with van der Waals surface area (Å²) in [5.41, 5.74) is 1.72. The number of nitrogens with zero attached hydrogens (tertiary/aromatic N) is 4. The summed E-state index contributed by atoms with van der Waals surface area (Å²) in [6, 6.07) is 7.47. The lowest BCUT2D eigenvalue weighted by molar-refractivity contribution is 0.587. The van der Waals surface area contributed by atoms with Crippen molar-refractivity contribution in [1.29, 1.82) is 0 Å². The number of hydrogen-bond donors (Lipinski definition) is 3. The molecule has 0 bridgehead atoms. The van der Waals surface area contributed by atoms with Crippen LogP contribution in [0.5, 0.6) is 0 Å². The van der Waals surface area contributed by atoms with Crippen LogP contribution in [0.2, 0.25) is 0 Å². The van der Waals surface area contributed by atoms with Gasteiger partial charge in [-0.25, -0.2) is 13.1 Å². The fourth-order valence-corrected chi connectivity index (χ4v) is 3.32. The van der Waals surface area contributed by atoms with Crippen molar-refractivity contribution >= 4 is 16.0 Å². The van der Waals surface area contributed by atoms with Crippen molar-refractivity contribution in [2.24, 2.45) is 4.99 Å². The third kappa shape index (κ3) is 6.65. The second-order valence-electron chi connectivity index (χ2n) is 5.93. The van der Waals surface area contributed by atoms with Gasteiger partial charge in [-0.3, -0.25) is 4.99 Å². The van der Waals surface area contributed by atoms with Crippen LogP contribution in [-0.2, 0) is 35.3 Å². The first-order valence-corrected chi connectivity index (χ1v) is 10.4. The number of aromatic nitrogens is 3. The average molecular weight is 394 g/mol. The van der Waals surface area contributed by atoms with Crippen LogP contribution in [0, 0.1) is 0 Å². The van der Waals surface area contributed by atoms with Crippen molar-refractivity contribution in [3.8, 4) is 0 Å². The van der Waals surface area contributed by atoms with Gasteiger partial charge >= 0.3 is 0 Å². The van der Waals surface area contributed by atoms with E-state index in [0.29, 0.717) is 19.0 Å². The Morgan fingerprint density at radius 2 is 2.04 bits per heavy atom. The van der Waals surface area contributed by atoms with Gasteiger partial charge in [-0.15, -0.1) is 10.2 Å². The van der Waals surface area contributed by atoms with E-state index in [9.17, 15) is 8.42 Å². The van der Waals surface area contributed by atoms with Crippen LogP contribution in [0.25, 0.3) is 0 Å². The summed E-state index contributed by atoms with van der Waals surface area (Å²) in [5, 5.41) is 14.5. The fourth-order valence-electron chi connectivity index (χ4n) is 2.56. The van der Waals surface area contributed by atoms with Crippen molar-refractivity contribution in [3.05, 3.63) is 47.5 Å². The highest BCUT2D eigenvalue weighted by Crippen LogP contribution is 2.08. The maximum Gasteiger partial charge on any atom is 0.215 e. The Morgan fingerprint density at radius 1 is 1.26 bits per heavy atom. The van der Waals surface area contributed by atoms with E-state index in [1.807, 2.05) is 29.7 Å². The van der Waals surface area contributed by atoms with Crippen LogP contribution in [0.4, 0.5) is 0 Å². The van der Waals surface area contributed by atoms with Crippen LogP contribution in [0.15, 0.2) is 35.6 Å². The number of guanidine groups is 1. The molecule has 0 saturated heterocycles. The molecule has 9 nitrogen and oxygen atoms in total. The molecular weight excluding hydrogens is 366 g/mol. The normalized spacial score (nSPS) is 12.2. The number of nitrogens with one attached hydrogen (secondary N) is 3. The predicted octanol–water partition coefficient (Wildman–Crippen LogP) is 0.255. The summed E-state index contributed by atoms with van der Waals surface area (Å²) >= 11 is 0. The Kier molecular flexibility index (Phi) is 7.74. The van der Waals surface area contributed by atoms with Gasteiger partial charge < -0.3 is 15.2 Å². The molecule has 1 aromatic carbocycles. The van der Waals surface area contributed by atoms with Gasteiger partial charge in [0.05, 0.1) is 5.75 Å². The highest BCUT2D eigenvalue weighted by atomic mass is 32.2. The van der Waals surface area contributed by atoms with Crippen molar-refractivity contribution < 1.29 is 8.42 Å². The van der Waals surface area contributed by atoms with Crippen LogP contribution >= 0.6 is 0 Å². The molecule has 10 heteroatoms. The van der Waals surface area contributed by atoms with E-state index in [1.54, 1.807) is 19.4 Å². The molecule has 3 N–H and O–H groups in total. The largest absolute Gasteiger partial charge is 0.355 e. The summed E-state index contributed by atoms with van der Waals surface area (Å²) in [5.74, 6) is 1.59. The summed E-state index contributed by atoms with van der Waals surface area (Å²) in [7, 11) is -0.157. The zero-order chi connectivity index (χ0) is 19.7. The minimum atomic E-state index is -3.28. The van der Waals surface area contributed by atoms with Crippen LogP contribution < -0.4 is 15.4 Å². The molecule has 148 valence electrons. The quantitative estimate of drug-likeness (QED) is 0.416. The van der Waals surface area contributed by atoms with Crippen molar-refractivity contribution in [2.75, 3.05) is 20.6 Å². The maximum atomic E-state index is 11.7. The topological polar surface area (TPSA) is 113 Å². The van der Waals surface area contributed by atoms with Gasteiger partial charge in [-0.05, 0) is 18.2 Å². The molecule has 0 aliphatic heterocycles. The Morgan fingerprint density at radius 3 is 2.74 bits per heavy atom. The van der Waals surface area contributed by atoms with Crippen LogP contribution in [0.1, 0.15) is 23.9 Å². The molecule has 0 aliphatic carbocycles. The predicted molar refractivity (Wildman–Crippen MR) is 106 cm³/mol. The molecule has 0 radical (unpaired) electrons. The number of rotatable bonds is 9. The number of benzene rings is 1. The standard InChI is InChI=1S/C17H27N7O2S/c1-4-16-23-22-13-24(16)9-8-20-17(18-2)21-11-14-6-5-7-15(10-14)12-27(25,26)19-3/h5-7,10,13,19H,4,8-9,11-12H2,1-3H3,(H2,18,20,21). The summed E-state index contributed by atoms with van der Waals surface area (Å²) in [6.45, 7) is 4.02. The van der Waals surface area contributed by atoms with Crippen LogP contribution in [0.3, 0.4) is 0 Å². The second-order valence-corrected chi connectivity index (χ2v) is 7.86. The molecule has 1 aromatic heterocycles. The molecule has 0 atom stereocenters. The van der Waals surface area contributed by atoms with Gasteiger partial charge in [0.1, 0.15) is 12.2 Å². The molecule has 0 aliphatic rings. The highest BCUT2D eigenvalue weighted by Gasteiger charge is 2.09. The Labute approximate surface area is 160 Å². The van der Waals surface area contributed by atoms with E-state index >= 15 is 0 Å². The third-order valence-electron chi connectivity index (χ3n) is 4.00.